The second-order valence-corrected chi connectivity index (χ2v) is 4.94. The lowest BCUT2D eigenvalue weighted by Crippen LogP contribution is -2.34. The van der Waals surface area contributed by atoms with Crippen LogP contribution in [0.25, 0.3) is 0 Å². The summed E-state index contributed by atoms with van der Waals surface area (Å²) < 4.78 is 5.59. The van der Waals surface area contributed by atoms with E-state index >= 15 is 0 Å². The largest absolute Gasteiger partial charge is 0.508 e. The van der Waals surface area contributed by atoms with Gasteiger partial charge in [0, 0.05) is 12.1 Å². The fraction of sp³-hybridized carbons (Fsp3) is 0.200. The van der Waals surface area contributed by atoms with E-state index in [9.17, 15) is 25.5 Å². The van der Waals surface area contributed by atoms with Gasteiger partial charge in [-0.05, 0) is 17.7 Å². The lowest BCUT2D eigenvalue weighted by atomic mass is 9.91. The van der Waals surface area contributed by atoms with Gasteiger partial charge in [0.1, 0.15) is 35.2 Å². The Morgan fingerprint density at radius 3 is 2.19 bits per heavy atom. The Hall–Kier alpha value is -2.44. The minimum Gasteiger partial charge on any atom is -0.508 e. The highest BCUT2D eigenvalue weighted by molar-refractivity contribution is 5.52. The molecule has 0 saturated carbocycles. The van der Waals surface area contributed by atoms with E-state index in [2.05, 4.69) is 0 Å². The van der Waals surface area contributed by atoms with Crippen LogP contribution in [0, 0.1) is 0 Å². The molecule has 0 amide bonds. The van der Waals surface area contributed by atoms with Crippen LogP contribution >= 0.6 is 0 Å². The topological polar surface area (TPSA) is 110 Å². The number of rotatable bonds is 1. The van der Waals surface area contributed by atoms with E-state index in [1.54, 1.807) is 12.1 Å². The van der Waals surface area contributed by atoms with E-state index in [1.807, 2.05) is 0 Å². The zero-order chi connectivity index (χ0) is 15.1. The Morgan fingerprint density at radius 1 is 0.857 bits per heavy atom. The molecule has 1 aliphatic rings. The predicted molar refractivity (Wildman–Crippen MR) is 72.2 cm³/mol. The Kier molecular flexibility index (Phi) is 3.12. The Morgan fingerprint density at radius 2 is 1.52 bits per heavy atom. The molecule has 5 N–H and O–H groups in total. The van der Waals surface area contributed by atoms with Crippen molar-refractivity contribution in [1.29, 1.82) is 0 Å². The van der Waals surface area contributed by atoms with Gasteiger partial charge in [0.05, 0.1) is 5.56 Å². The maximum Gasteiger partial charge on any atom is 0.152 e. The molecule has 0 fully saturated rings. The molecule has 3 atom stereocenters. The quantitative estimate of drug-likeness (QED) is 0.542. The van der Waals surface area contributed by atoms with Crippen LogP contribution in [0.15, 0.2) is 36.4 Å². The van der Waals surface area contributed by atoms with Crippen molar-refractivity contribution in [1.82, 2.24) is 0 Å². The van der Waals surface area contributed by atoms with E-state index in [0.717, 1.165) is 6.07 Å². The average molecular weight is 290 g/mol. The van der Waals surface area contributed by atoms with Crippen LogP contribution in [0.2, 0.25) is 0 Å². The number of hydrogen-bond acceptors (Lipinski definition) is 6. The van der Waals surface area contributed by atoms with Crippen LogP contribution in [-0.2, 0) is 0 Å². The van der Waals surface area contributed by atoms with Crippen LogP contribution in [0.4, 0.5) is 0 Å². The first-order valence-corrected chi connectivity index (χ1v) is 6.35. The van der Waals surface area contributed by atoms with Gasteiger partial charge < -0.3 is 30.3 Å². The third-order valence-electron chi connectivity index (χ3n) is 3.51. The molecule has 1 aliphatic heterocycles. The maximum atomic E-state index is 10.2. The molecule has 0 aliphatic carbocycles. The third-order valence-corrected chi connectivity index (χ3v) is 3.51. The Bertz CT molecular complexity index is 667. The molecule has 2 aromatic rings. The molecule has 0 radical (unpaired) electrons. The molecule has 6 heteroatoms. The van der Waals surface area contributed by atoms with Gasteiger partial charge in [-0.2, -0.15) is 0 Å². The summed E-state index contributed by atoms with van der Waals surface area (Å²) in [6, 6.07) is 8.32. The molecule has 0 spiro atoms. The first-order chi connectivity index (χ1) is 9.97. The fourth-order valence-electron chi connectivity index (χ4n) is 2.46. The number of benzene rings is 2. The molecule has 3 rings (SSSR count). The fourth-order valence-corrected chi connectivity index (χ4v) is 2.46. The van der Waals surface area contributed by atoms with Gasteiger partial charge in [-0.3, -0.25) is 0 Å². The first kappa shape index (κ1) is 13.5. The van der Waals surface area contributed by atoms with Crippen LogP contribution in [0.5, 0.6) is 23.0 Å². The molecular weight excluding hydrogens is 276 g/mol. The molecule has 110 valence electrons. The number of fused-ring (bicyclic) bond motifs is 1. The second-order valence-electron chi connectivity index (χ2n) is 4.94. The van der Waals surface area contributed by atoms with Crippen molar-refractivity contribution in [3.8, 4) is 23.0 Å². The summed E-state index contributed by atoms with van der Waals surface area (Å²) in [5, 5.41) is 48.9. The Balaban J connectivity index is 2.04. The van der Waals surface area contributed by atoms with E-state index in [-0.39, 0.29) is 28.6 Å². The summed E-state index contributed by atoms with van der Waals surface area (Å²) in [5.74, 6) is -0.385. The van der Waals surface area contributed by atoms with E-state index in [0.29, 0.717) is 5.56 Å². The van der Waals surface area contributed by atoms with Crippen molar-refractivity contribution in [2.45, 2.75) is 18.3 Å². The van der Waals surface area contributed by atoms with Crippen molar-refractivity contribution in [3.05, 3.63) is 47.5 Å². The Labute approximate surface area is 120 Å². The molecule has 0 bridgehead atoms. The van der Waals surface area contributed by atoms with Crippen molar-refractivity contribution >= 4 is 0 Å². The van der Waals surface area contributed by atoms with Gasteiger partial charge in [0.2, 0.25) is 0 Å². The van der Waals surface area contributed by atoms with Crippen molar-refractivity contribution in [3.63, 3.8) is 0 Å². The highest BCUT2D eigenvalue weighted by atomic mass is 16.5. The zero-order valence-electron chi connectivity index (χ0n) is 10.8. The average Bonchev–Trinajstić information content (AvgIpc) is 2.43. The minimum absolute atomic E-state index is 0.0373. The number of ether oxygens (including phenoxy) is 1. The summed E-state index contributed by atoms with van der Waals surface area (Å²) in [7, 11) is 0. The summed E-state index contributed by atoms with van der Waals surface area (Å²) >= 11 is 0. The molecule has 0 unspecified atom stereocenters. The summed E-state index contributed by atoms with van der Waals surface area (Å²) in [6.45, 7) is 0. The van der Waals surface area contributed by atoms with E-state index < -0.39 is 18.3 Å². The molecule has 21 heavy (non-hydrogen) atoms. The summed E-state index contributed by atoms with van der Waals surface area (Å²) in [4.78, 5) is 0. The number of phenols is 3. The van der Waals surface area contributed by atoms with Gasteiger partial charge in [-0.25, -0.2) is 0 Å². The number of aliphatic hydroxyl groups is 2. The van der Waals surface area contributed by atoms with Gasteiger partial charge in [-0.1, -0.05) is 12.1 Å². The summed E-state index contributed by atoms with van der Waals surface area (Å²) in [6.07, 6.45) is -3.53. The SMILES string of the molecule is Oc1ccc([C@@H]2Oc3cc(O)cc(O)c3[C@H](O)[C@H]2O)cc1. The van der Waals surface area contributed by atoms with Crippen molar-refractivity contribution in [2.75, 3.05) is 0 Å². The lowest BCUT2D eigenvalue weighted by Gasteiger charge is -2.34. The molecule has 1 heterocycles. The van der Waals surface area contributed by atoms with Crippen LogP contribution in [0.3, 0.4) is 0 Å². The van der Waals surface area contributed by atoms with Crippen LogP contribution in [-0.4, -0.2) is 31.6 Å². The van der Waals surface area contributed by atoms with Gasteiger partial charge >= 0.3 is 0 Å². The highest BCUT2D eigenvalue weighted by Crippen LogP contribution is 2.46. The van der Waals surface area contributed by atoms with Crippen LogP contribution in [0.1, 0.15) is 23.3 Å². The monoisotopic (exact) mass is 290 g/mol. The standard InChI is InChI=1S/C15H14O6/c16-8-3-1-7(2-4-8)15-14(20)13(19)12-10(18)5-9(17)6-11(12)21-15/h1-6,13-20H/t13-,14+,15-/m0/s1. The molecule has 6 nitrogen and oxygen atoms in total. The smallest absolute Gasteiger partial charge is 0.152 e. The van der Waals surface area contributed by atoms with E-state index in [1.165, 1.54) is 18.2 Å². The predicted octanol–water partition coefficient (Wildman–Crippen LogP) is 1.33. The van der Waals surface area contributed by atoms with Crippen LogP contribution < -0.4 is 4.74 Å². The molecule has 2 aromatic carbocycles. The molecule has 0 saturated heterocycles. The number of aromatic hydroxyl groups is 3. The van der Waals surface area contributed by atoms with Gasteiger partial charge in [-0.15, -0.1) is 0 Å². The zero-order valence-corrected chi connectivity index (χ0v) is 10.8. The number of hydrogen-bond donors (Lipinski definition) is 5. The lowest BCUT2D eigenvalue weighted by molar-refractivity contribution is -0.0710. The minimum atomic E-state index is -1.35. The second kappa shape index (κ2) is 4.83. The third kappa shape index (κ3) is 2.24. The maximum absolute atomic E-state index is 10.2. The van der Waals surface area contributed by atoms with Gasteiger partial charge in [0.25, 0.3) is 0 Å². The molecular formula is C15H14O6. The summed E-state index contributed by atoms with van der Waals surface area (Å²) in [5.41, 5.74) is 0.586. The number of aliphatic hydroxyl groups excluding tert-OH is 2. The normalized spacial score (nSPS) is 24.2. The van der Waals surface area contributed by atoms with E-state index in [4.69, 9.17) is 4.74 Å². The van der Waals surface area contributed by atoms with Gasteiger partial charge in [0.15, 0.2) is 6.10 Å². The van der Waals surface area contributed by atoms with Crippen molar-refractivity contribution in [2.24, 2.45) is 0 Å². The number of phenolic OH excluding ortho intramolecular Hbond substituents is 3. The first-order valence-electron chi connectivity index (χ1n) is 6.35. The highest BCUT2D eigenvalue weighted by Gasteiger charge is 2.39. The molecule has 0 aromatic heterocycles. The van der Waals surface area contributed by atoms with Crippen molar-refractivity contribution < 1.29 is 30.3 Å².